The second kappa shape index (κ2) is 10.7. The third-order valence-electron chi connectivity index (χ3n) is 3.76. The number of thioether (sulfide) groups is 1. The molecule has 0 aliphatic heterocycles. The maximum absolute atomic E-state index is 12.6. The molecule has 28 heavy (non-hydrogen) atoms. The number of anilines is 2. The largest absolute Gasteiger partial charge is 0.481 e. The lowest BCUT2D eigenvalue weighted by Gasteiger charge is -2.16. The van der Waals surface area contributed by atoms with E-state index in [9.17, 15) is 14.4 Å². The van der Waals surface area contributed by atoms with Gasteiger partial charge < -0.3 is 15.7 Å². The molecule has 2 aromatic carbocycles. The van der Waals surface area contributed by atoms with Crippen LogP contribution < -0.4 is 10.6 Å². The topological polar surface area (TPSA) is 95.5 Å². The van der Waals surface area contributed by atoms with Crippen molar-refractivity contribution in [1.82, 2.24) is 0 Å². The van der Waals surface area contributed by atoms with Crippen LogP contribution in [0, 0.1) is 0 Å². The smallest absolute Gasteiger partial charge is 0.303 e. The Morgan fingerprint density at radius 2 is 1.82 bits per heavy atom. The number of amides is 2. The monoisotopic (exact) mass is 420 g/mol. The number of carboxylic acid groups (broad SMARTS) is 1. The number of halogens is 1. The number of carbonyl (C=O) groups is 3. The highest BCUT2D eigenvalue weighted by molar-refractivity contribution is 8.00. The first kappa shape index (κ1) is 21.8. The van der Waals surface area contributed by atoms with Crippen LogP contribution in [0.15, 0.2) is 53.4 Å². The number of carboxylic acids is 1. The Kier molecular flexibility index (Phi) is 8.35. The Hall–Kier alpha value is -2.51. The van der Waals surface area contributed by atoms with E-state index < -0.39 is 5.97 Å². The molecule has 0 radical (unpaired) electrons. The summed E-state index contributed by atoms with van der Waals surface area (Å²) in [6, 6.07) is 14.1. The lowest BCUT2D eigenvalue weighted by atomic mass is 10.2. The van der Waals surface area contributed by atoms with Crippen molar-refractivity contribution in [2.24, 2.45) is 0 Å². The molecule has 1 unspecified atom stereocenters. The van der Waals surface area contributed by atoms with Gasteiger partial charge >= 0.3 is 5.97 Å². The standard InChI is InChI=1S/C20H21ClN2O4S/c1-2-17(20(27)23-16-9-4-3-8-15(16)21)28-14-7-5-6-13(12-14)22-18(24)10-11-19(25)26/h3-9,12,17H,2,10-11H2,1H3,(H,22,24)(H,23,27)(H,25,26). The van der Waals surface area contributed by atoms with E-state index in [1.165, 1.54) is 11.8 Å². The molecule has 3 N–H and O–H groups in total. The van der Waals surface area contributed by atoms with Crippen molar-refractivity contribution in [3.05, 3.63) is 53.6 Å². The molecule has 2 rings (SSSR count). The van der Waals surface area contributed by atoms with E-state index in [-0.39, 0.29) is 29.9 Å². The van der Waals surface area contributed by atoms with Crippen LogP contribution in [0.2, 0.25) is 5.02 Å². The van der Waals surface area contributed by atoms with Crippen molar-refractivity contribution in [3.63, 3.8) is 0 Å². The van der Waals surface area contributed by atoms with E-state index in [0.717, 1.165) is 4.90 Å². The van der Waals surface area contributed by atoms with E-state index in [1.807, 2.05) is 13.0 Å². The van der Waals surface area contributed by atoms with Gasteiger partial charge in [0.15, 0.2) is 0 Å². The zero-order valence-corrected chi connectivity index (χ0v) is 16.8. The van der Waals surface area contributed by atoms with Crippen LogP contribution >= 0.6 is 23.4 Å². The van der Waals surface area contributed by atoms with Crippen molar-refractivity contribution in [2.75, 3.05) is 10.6 Å². The average molecular weight is 421 g/mol. The van der Waals surface area contributed by atoms with Crippen LogP contribution in [0.1, 0.15) is 26.2 Å². The molecule has 6 nitrogen and oxygen atoms in total. The van der Waals surface area contributed by atoms with Crippen molar-refractivity contribution >= 4 is 52.5 Å². The maximum Gasteiger partial charge on any atom is 0.303 e. The Balaban J connectivity index is 2.00. The number of carbonyl (C=O) groups excluding carboxylic acids is 2. The second-order valence-electron chi connectivity index (χ2n) is 5.95. The summed E-state index contributed by atoms with van der Waals surface area (Å²) < 4.78 is 0. The molecule has 1 atom stereocenters. The van der Waals surface area contributed by atoms with E-state index in [0.29, 0.717) is 22.8 Å². The number of benzene rings is 2. The SMILES string of the molecule is CCC(Sc1cccc(NC(=O)CCC(=O)O)c1)C(=O)Nc1ccccc1Cl. The first-order chi connectivity index (χ1) is 13.4. The fraction of sp³-hybridized carbons (Fsp3) is 0.250. The number of nitrogens with one attached hydrogen (secondary N) is 2. The minimum absolute atomic E-state index is 0.0927. The van der Waals surface area contributed by atoms with Crippen LogP contribution in [0.4, 0.5) is 11.4 Å². The quantitative estimate of drug-likeness (QED) is 0.513. The summed E-state index contributed by atoms with van der Waals surface area (Å²) in [7, 11) is 0. The molecule has 148 valence electrons. The Bertz CT molecular complexity index is 860. The van der Waals surface area contributed by atoms with Gasteiger partial charge in [0.25, 0.3) is 0 Å². The first-order valence-corrected chi connectivity index (χ1v) is 9.98. The van der Waals surface area contributed by atoms with E-state index >= 15 is 0 Å². The molecule has 2 amide bonds. The van der Waals surface area contributed by atoms with Gasteiger partial charge in [0.2, 0.25) is 11.8 Å². The maximum atomic E-state index is 12.6. The Morgan fingerprint density at radius 3 is 2.50 bits per heavy atom. The molecule has 0 aliphatic rings. The van der Waals surface area contributed by atoms with Gasteiger partial charge in [0.1, 0.15) is 0 Å². The van der Waals surface area contributed by atoms with Crippen molar-refractivity contribution in [1.29, 1.82) is 0 Å². The van der Waals surface area contributed by atoms with Gasteiger partial charge in [0.05, 0.1) is 22.4 Å². The zero-order valence-electron chi connectivity index (χ0n) is 15.3. The highest BCUT2D eigenvalue weighted by atomic mass is 35.5. The van der Waals surface area contributed by atoms with Gasteiger partial charge in [0, 0.05) is 17.0 Å². The summed E-state index contributed by atoms with van der Waals surface area (Å²) in [4.78, 5) is 35.8. The highest BCUT2D eigenvalue weighted by Crippen LogP contribution is 2.29. The summed E-state index contributed by atoms with van der Waals surface area (Å²) in [6.07, 6.45) is 0.293. The minimum atomic E-state index is -1.02. The first-order valence-electron chi connectivity index (χ1n) is 8.72. The Morgan fingerprint density at radius 1 is 1.07 bits per heavy atom. The van der Waals surface area contributed by atoms with E-state index in [4.69, 9.17) is 16.7 Å². The number of para-hydroxylation sites is 1. The summed E-state index contributed by atoms with van der Waals surface area (Å²) in [6.45, 7) is 1.92. The predicted octanol–water partition coefficient (Wildman–Crippen LogP) is 4.65. The van der Waals surface area contributed by atoms with Crippen LogP contribution in [-0.2, 0) is 14.4 Å². The van der Waals surface area contributed by atoms with Gasteiger partial charge in [-0.1, -0.05) is 36.7 Å². The average Bonchev–Trinajstić information content (AvgIpc) is 2.66. The molecule has 0 bridgehead atoms. The molecule has 8 heteroatoms. The fourth-order valence-corrected chi connectivity index (χ4v) is 3.55. The van der Waals surface area contributed by atoms with Crippen LogP contribution in [-0.4, -0.2) is 28.1 Å². The fourth-order valence-electron chi connectivity index (χ4n) is 2.35. The Labute approximate surface area is 172 Å². The molecular formula is C20H21ClN2O4S. The molecule has 0 saturated heterocycles. The minimum Gasteiger partial charge on any atom is -0.481 e. The van der Waals surface area contributed by atoms with Crippen LogP contribution in [0.5, 0.6) is 0 Å². The van der Waals surface area contributed by atoms with Gasteiger partial charge in [-0.25, -0.2) is 0 Å². The summed E-state index contributed by atoms with van der Waals surface area (Å²) >= 11 is 7.47. The van der Waals surface area contributed by atoms with E-state index in [1.54, 1.807) is 42.5 Å². The summed E-state index contributed by atoms with van der Waals surface area (Å²) in [5.41, 5.74) is 1.12. The molecule has 0 heterocycles. The molecule has 0 spiro atoms. The van der Waals surface area contributed by atoms with Gasteiger partial charge in [-0.15, -0.1) is 11.8 Å². The van der Waals surface area contributed by atoms with Gasteiger partial charge in [-0.05, 0) is 36.8 Å². The third-order valence-corrected chi connectivity index (χ3v) is 5.44. The number of hydrogen-bond acceptors (Lipinski definition) is 4. The van der Waals surface area contributed by atoms with Crippen LogP contribution in [0.3, 0.4) is 0 Å². The predicted molar refractivity (Wildman–Crippen MR) is 112 cm³/mol. The molecule has 0 saturated carbocycles. The van der Waals surface area contributed by atoms with Gasteiger partial charge in [-0.3, -0.25) is 14.4 Å². The zero-order chi connectivity index (χ0) is 20.5. The molecule has 0 aromatic heterocycles. The summed E-state index contributed by atoms with van der Waals surface area (Å²) in [5, 5.41) is 14.3. The number of hydrogen-bond donors (Lipinski definition) is 3. The molecule has 2 aromatic rings. The van der Waals surface area contributed by atoms with Crippen molar-refractivity contribution < 1.29 is 19.5 Å². The molecular weight excluding hydrogens is 400 g/mol. The van der Waals surface area contributed by atoms with Crippen LogP contribution in [0.25, 0.3) is 0 Å². The summed E-state index contributed by atoms with van der Waals surface area (Å²) in [5.74, 6) is -1.54. The lowest BCUT2D eigenvalue weighted by molar-refractivity contribution is -0.138. The highest BCUT2D eigenvalue weighted by Gasteiger charge is 2.19. The normalized spacial score (nSPS) is 11.5. The lowest BCUT2D eigenvalue weighted by Crippen LogP contribution is -2.24. The number of rotatable bonds is 9. The molecule has 0 aliphatic carbocycles. The number of aliphatic carboxylic acids is 1. The van der Waals surface area contributed by atoms with Crippen molar-refractivity contribution in [2.45, 2.75) is 36.3 Å². The molecule has 0 fully saturated rings. The third kappa shape index (κ3) is 6.90. The van der Waals surface area contributed by atoms with E-state index in [2.05, 4.69) is 10.6 Å². The second-order valence-corrected chi connectivity index (χ2v) is 7.64. The van der Waals surface area contributed by atoms with Crippen molar-refractivity contribution in [3.8, 4) is 0 Å². The van der Waals surface area contributed by atoms with Gasteiger partial charge in [-0.2, -0.15) is 0 Å².